The maximum Gasteiger partial charge on any atom is 0.254 e. The molecule has 1 saturated heterocycles. The average Bonchev–Trinajstić information content (AvgIpc) is 3.21. The highest BCUT2D eigenvalue weighted by Gasteiger charge is 2.40. The van der Waals surface area contributed by atoms with Crippen molar-refractivity contribution in [1.29, 1.82) is 0 Å². The van der Waals surface area contributed by atoms with Gasteiger partial charge in [0.25, 0.3) is 5.91 Å². The van der Waals surface area contributed by atoms with Crippen molar-refractivity contribution in [1.82, 2.24) is 14.9 Å². The summed E-state index contributed by atoms with van der Waals surface area (Å²) in [5.41, 5.74) is 8.77. The fourth-order valence-corrected chi connectivity index (χ4v) is 4.69. The lowest BCUT2D eigenvalue weighted by molar-refractivity contribution is 0.0827. The number of carbonyl (C=O) groups is 1. The molecule has 0 unspecified atom stereocenters. The quantitative estimate of drug-likeness (QED) is 0.717. The van der Waals surface area contributed by atoms with Crippen molar-refractivity contribution >= 4 is 28.2 Å². The number of benzene rings is 1. The molecule has 150 valence electrons. The Hall–Kier alpha value is -2.93. The van der Waals surface area contributed by atoms with E-state index in [0.717, 1.165) is 37.4 Å². The summed E-state index contributed by atoms with van der Waals surface area (Å²) in [6.45, 7) is 1.72. The third kappa shape index (κ3) is 3.70. The molecule has 0 saturated carbocycles. The van der Waals surface area contributed by atoms with E-state index in [1.165, 1.54) is 16.9 Å². The van der Waals surface area contributed by atoms with E-state index in [-0.39, 0.29) is 11.3 Å². The van der Waals surface area contributed by atoms with Crippen LogP contribution in [0.15, 0.2) is 54.0 Å². The third-order valence-corrected chi connectivity index (χ3v) is 6.35. The second-order valence-corrected chi connectivity index (χ2v) is 8.50. The predicted molar refractivity (Wildman–Crippen MR) is 117 cm³/mol. The Labute approximate surface area is 175 Å². The molecule has 0 radical (unpaired) electrons. The zero-order chi connectivity index (χ0) is 20.4. The van der Waals surface area contributed by atoms with Crippen LogP contribution in [-0.2, 0) is 5.41 Å². The Kier molecular flexibility index (Phi) is 5.24. The fourth-order valence-electron chi connectivity index (χ4n) is 4.03. The van der Waals surface area contributed by atoms with Crippen LogP contribution in [0.2, 0.25) is 0 Å². The second kappa shape index (κ2) is 7.83. The van der Waals surface area contributed by atoms with Gasteiger partial charge in [-0.2, -0.15) is 0 Å². The van der Waals surface area contributed by atoms with Crippen LogP contribution in [0.3, 0.4) is 0 Å². The lowest BCUT2D eigenvalue weighted by Crippen LogP contribution is -2.44. The molecule has 3 aromatic rings. The minimum atomic E-state index is -0.132. The molecule has 1 aliphatic rings. The van der Waals surface area contributed by atoms with Gasteiger partial charge in [-0.05, 0) is 30.5 Å². The molecule has 0 bridgehead atoms. The van der Waals surface area contributed by atoms with Gasteiger partial charge in [0.1, 0.15) is 5.82 Å². The summed E-state index contributed by atoms with van der Waals surface area (Å²) in [6, 6.07) is 14.4. The summed E-state index contributed by atoms with van der Waals surface area (Å²) in [5.74, 6) is 0.867. The number of carbonyl (C=O) groups excluding carboxylic acids is 1. The summed E-state index contributed by atoms with van der Waals surface area (Å²) in [7, 11) is 3.49. The lowest BCUT2D eigenvalue weighted by atomic mass is 9.70. The summed E-state index contributed by atoms with van der Waals surface area (Å²) in [6.07, 6.45) is 3.53. The molecule has 0 aliphatic carbocycles. The smallest absolute Gasteiger partial charge is 0.254 e. The van der Waals surface area contributed by atoms with Crippen molar-refractivity contribution in [3.05, 3.63) is 70.9 Å². The number of aromatic nitrogens is 2. The first-order chi connectivity index (χ1) is 14.0. The van der Waals surface area contributed by atoms with E-state index in [1.807, 2.05) is 18.2 Å². The Morgan fingerprint density at radius 1 is 1.14 bits per heavy atom. The molecule has 29 heavy (non-hydrogen) atoms. The Balaban J connectivity index is 1.57. The molecule has 2 N–H and O–H groups in total. The number of anilines is 2. The van der Waals surface area contributed by atoms with Crippen LogP contribution in [-0.4, -0.2) is 48.0 Å². The molecule has 1 aromatic carbocycles. The van der Waals surface area contributed by atoms with E-state index < -0.39 is 0 Å². The highest BCUT2D eigenvalue weighted by molar-refractivity contribution is 7.13. The molecule has 3 heterocycles. The molecule has 1 fully saturated rings. The molecule has 2 aromatic heterocycles. The van der Waals surface area contributed by atoms with Crippen molar-refractivity contribution in [2.24, 2.45) is 0 Å². The molecule has 6 nitrogen and oxygen atoms in total. The first-order valence-corrected chi connectivity index (χ1v) is 10.6. The van der Waals surface area contributed by atoms with E-state index in [9.17, 15) is 4.79 Å². The normalized spacial score (nSPS) is 15.9. The molecule has 0 spiro atoms. The number of nitrogens with zero attached hydrogens (tertiary/aromatic N) is 4. The van der Waals surface area contributed by atoms with Crippen molar-refractivity contribution < 1.29 is 4.79 Å². The van der Waals surface area contributed by atoms with Gasteiger partial charge in [0.15, 0.2) is 5.13 Å². The summed E-state index contributed by atoms with van der Waals surface area (Å²) < 4.78 is 0. The van der Waals surface area contributed by atoms with Crippen LogP contribution in [0.25, 0.3) is 0 Å². The van der Waals surface area contributed by atoms with Crippen molar-refractivity contribution in [2.45, 2.75) is 18.3 Å². The van der Waals surface area contributed by atoms with Gasteiger partial charge < -0.3 is 15.5 Å². The number of nitrogens with two attached hydrogens (primary N) is 1. The van der Waals surface area contributed by atoms with Crippen LogP contribution < -0.4 is 10.6 Å². The van der Waals surface area contributed by atoms with Crippen molar-refractivity contribution in [3.63, 3.8) is 0 Å². The summed E-state index contributed by atoms with van der Waals surface area (Å²) >= 11 is 1.50. The Morgan fingerprint density at radius 3 is 2.41 bits per heavy atom. The molecule has 1 amide bonds. The number of rotatable bonds is 4. The van der Waals surface area contributed by atoms with Crippen molar-refractivity contribution in [2.75, 3.05) is 37.8 Å². The van der Waals surface area contributed by atoms with Gasteiger partial charge in [-0.1, -0.05) is 30.3 Å². The zero-order valence-corrected chi connectivity index (χ0v) is 17.5. The van der Waals surface area contributed by atoms with Gasteiger partial charge in [-0.15, -0.1) is 11.3 Å². The SMILES string of the molecule is CN(C)C(=O)c1ccc(N2CCC(c3ccccc3)(c3csc(N)n3)CC2)nc1. The third-order valence-electron chi connectivity index (χ3n) is 5.68. The molecular weight excluding hydrogens is 382 g/mol. The topological polar surface area (TPSA) is 75.4 Å². The van der Waals surface area contributed by atoms with Crippen LogP contribution in [0.4, 0.5) is 10.9 Å². The van der Waals surface area contributed by atoms with Gasteiger partial charge in [-0.25, -0.2) is 9.97 Å². The second-order valence-electron chi connectivity index (χ2n) is 7.61. The number of pyridine rings is 1. The van der Waals surface area contributed by atoms with Gasteiger partial charge >= 0.3 is 0 Å². The minimum absolute atomic E-state index is 0.0353. The van der Waals surface area contributed by atoms with Crippen LogP contribution in [0.1, 0.15) is 34.5 Å². The highest BCUT2D eigenvalue weighted by atomic mass is 32.1. The largest absolute Gasteiger partial charge is 0.375 e. The van der Waals surface area contributed by atoms with E-state index >= 15 is 0 Å². The Morgan fingerprint density at radius 2 is 1.86 bits per heavy atom. The van der Waals surface area contributed by atoms with Gasteiger partial charge in [0.2, 0.25) is 0 Å². The molecule has 0 atom stereocenters. The van der Waals surface area contributed by atoms with E-state index in [2.05, 4.69) is 44.5 Å². The monoisotopic (exact) mass is 407 g/mol. The number of amides is 1. The lowest BCUT2D eigenvalue weighted by Gasteiger charge is -2.42. The van der Waals surface area contributed by atoms with E-state index in [0.29, 0.717) is 10.7 Å². The first-order valence-electron chi connectivity index (χ1n) is 9.69. The molecular formula is C22H25N5OS. The maximum absolute atomic E-state index is 12.1. The molecule has 1 aliphatic heterocycles. The molecule has 4 rings (SSSR count). The van der Waals surface area contributed by atoms with E-state index in [4.69, 9.17) is 5.73 Å². The van der Waals surface area contributed by atoms with Gasteiger partial charge in [-0.3, -0.25) is 4.79 Å². The Bertz CT molecular complexity index is 976. The zero-order valence-electron chi connectivity index (χ0n) is 16.7. The number of hydrogen-bond acceptors (Lipinski definition) is 6. The number of hydrogen-bond donors (Lipinski definition) is 1. The van der Waals surface area contributed by atoms with Gasteiger partial charge in [0.05, 0.1) is 11.3 Å². The van der Waals surface area contributed by atoms with E-state index in [1.54, 1.807) is 25.2 Å². The summed E-state index contributed by atoms with van der Waals surface area (Å²) in [4.78, 5) is 25.1. The maximum atomic E-state index is 12.1. The number of piperidine rings is 1. The van der Waals surface area contributed by atoms with Crippen LogP contribution in [0, 0.1) is 0 Å². The molecule has 7 heteroatoms. The van der Waals surface area contributed by atoms with Gasteiger partial charge in [0, 0.05) is 44.2 Å². The highest BCUT2D eigenvalue weighted by Crippen LogP contribution is 2.42. The average molecular weight is 408 g/mol. The first kappa shape index (κ1) is 19.4. The van der Waals surface area contributed by atoms with Crippen molar-refractivity contribution in [3.8, 4) is 0 Å². The number of thiazole rings is 1. The van der Waals surface area contributed by atoms with Crippen LogP contribution in [0.5, 0.6) is 0 Å². The number of nitrogen functional groups attached to an aromatic ring is 1. The fraction of sp³-hybridized carbons (Fsp3) is 0.318. The standard InChI is InChI=1S/C22H25N5OS/c1-26(2)20(28)16-8-9-19(24-14-16)27-12-10-22(11-13-27,17-6-4-3-5-7-17)18-15-29-21(23)25-18/h3-9,14-15H,10-13H2,1-2H3,(H2,23,25). The van der Waals surface area contributed by atoms with Crippen LogP contribution >= 0.6 is 11.3 Å². The summed E-state index contributed by atoms with van der Waals surface area (Å²) in [5, 5.41) is 2.71. The minimum Gasteiger partial charge on any atom is -0.375 e. The predicted octanol–water partition coefficient (Wildman–Crippen LogP) is 3.41.